The third kappa shape index (κ3) is 4.13. The molecule has 0 aliphatic carbocycles. The van der Waals surface area contributed by atoms with E-state index in [1.165, 1.54) is 0 Å². The van der Waals surface area contributed by atoms with E-state index in [0.717, 1.165) is 14.9 Å². The Morgan fingerprint density at radius 3 is 2.72 bits per heavy atom. The number of carbonyl (C=O) groups is 1. The first-order chi connectivity index (χ1) is 8.74. The molecular weight excluding hydrogens is 310 g/mol. The minimum absolute atomic E-state index is 0.0775. The fraction of sp³-hybridized carbons (Fsp3) is 0.0714. The first kappa shape index (κ1) is 13.1. The molecule has 4 heteroatoms. The summed E-state index contributed by atoms with van der Waals surface area (Å²) in [6, 6.07) is 11.8. The molecule has 0 aliphatic heterocycles. The van der Waals surface area contributed by atoms with Gasteiger partial charge in [-0.25, -0.2) is 0 Å². The molecule has 1 amide bonds. The zero-order valence-electron chi connectivity index (χ0n) is 9.60. The highest BCUT2D eigenvalue weighted by atomic mass is 79.9. The monoisotopic (exact) mass is 321 g/mol. The lowest BCUT2D eigenvalue weighted by Gasteiger charge is -1.99. The van der Waals surface area contributed by atoms with Crippen molar-refractivity contribution >= 4 is 39.2 Å². The van der Waals surface area contributed by atoms with Gasteiger partial charge in [-0.15, -0.1) is 11.3 Å². The fourth-order valence-electron chi connectivity index (χ4n) is 1.39. The number of amides is 1. The van der Waals surface area contributed by atoms with E-state index in [1.807, 2.05) is 41.8 Å². The van der Waals surface area contributed by atoms with E-state index < -0.39 is 0 Å². The predicted octanol–water partition coefficient (Wildman–Crippen LogP) is 3.84. The number of rotatable bonds is 4. The largest absolute Gasteiger partial charge is 0.348 e. The van der Waals surface area contributed by atoms with Gasteiger partial charge in [0.05, 0.1) is 6.54 Å². The Bertz CT molecular complexity index is 531. The summed E-state index contributed by atoms with van der Waals surface area (Å²) in [5, 5.41) is 4.84. The molecule has 1 aromatic carbocycles. The van der Waals surface area contributed by atoms with Crippen LogP contribution in [-0.2, 0) is 11.3 Å². The molecule has 0 radical (unpaired) electrons. The lowest BCUT2D eigenvalue weighted by atomic mass is 10.2. The maximum atomic E-state index is 11.6. The Hall–Kier alpha value is -1.39. The van der Waals surface area contributed by atoms with Gasteiger partial charge in [0.2, 0.25) is 5.91 Å². The van der Waals surface area contributed by atoms with Gasteiger partial charge >= 0.3 is 0 Å². The van der Waals surface area contributed by atoms with Gasteiger partial charge in [-0.05, 0) is 35.2 Å². The zero-order chi connectivity index (χ0) is 12.8. The van der Waals surface area contributed by atoms with Gasteiger partial charge < -0.3 is 5.32 Å². The van der Waals surface area contributed by atoms with Crippen molar-refractivity contribution in [2.24, 2.45) is 0 Å². The van der Waals surface area contributed by atoms with E-state index >= 15 is 0 Å². The molecule has 0 atom stereocenters. The second kappa shape index (κ2) is 6.52. The second-order valence-corrected chi connectivity index (χ2v) is 5.63. The van der Waals surface area contributed by atoms with Gasteiger partial charge in [0.1, 0.15) is 0 Å². The Balaban J connectivity index is 1.85. The lowest BCUT2D eigenvalue weighted by Crippen LogP contribution is -2.19. The molecular formula is C14H12BrNOS. The van der Waals surface area contributed by atoms with Crippen LogP contribution in [0, 0.1) is 0 Å². The Labute approximate surface area is 118 Å². The molecule has 0 bridgehead atoms. The summed E-state index contributed by atoms with van der Waals surface area (Å²) in [6.45, 7) is 0.585. The van der Waals surface area contributed by atoms with Gasteiger partial charge in [-0.2, -0.15) is 0 Å². The van der Waals surface area contributed by atoms with E-state index in [9.17, 15) is 4.79 Å². The van der Waals surface area contributed by atoms with Crippen molar-refractivity contribution in [2.45, 2.75) is 6.54 Å². The molecule has 1 heterocycles. The van der Waals surface area contributed by atoms with E-state index in [-0.39, 0.29) is 5.91 Å². The summed E-state index contributed by atoms with van der Waals surface area (Å²) in [5.41, 5.74) is 1.00. The zero-order valence-corrected chi connectivity index (χ0v) is 12.0. The molecule has 2 rings (SSSR count). The third-order valence-corrected chi connectivity index (χ3v) is 3.72. The molecule has 0 saturated heterocycles. The van der Waals surface area contributed by atoms with Gasteiger partial charge in [0.25, 0.3) is 0 Å². The number of thiophene rings is 1. The standard InChI is InChI=1S/C14H12BrNOS/c15-12-6-3-11(4-7-12)5-8-14(17)16-10-13-2-1-9-18-13/h1-9H,10H2,(H,16,17)/b8-5+. The normalized spacial score (nSPS) is 10.7. The van der Waals surface area contributed by atoms with Gasteiger partial charge in [0.15, 0.2) is 0 Å². The van der Waals surface area contributed by atoms with E-state index in [2.05, 4.69) is 21.2 Å². The van der Waals surface area contributed by atoms with Crippen molar-refractivity contribution in [3.63, 3.8) is 0 Å². The van der Waals surface area contributed by atoms with Crippen molar-refractivity contribution in [2.75, 3.05) is 0 Å². The molecule has 2 nitrogen and oxygen atoms in total. The fourth-order valence-corrected chi connectivity index (χ4v) is 2.30. The average Bonchev–Trinajstić information content (AvgIpc) is 2.89. The summed E-state index contributed by atoms with van der Waals surface area (Å²) in [6.07, 6.45) is 3.35. The smallest absolute Gasteiger partial charge is 0.244 e. The molecule has 0 spiro atoms. The highest BCUT2D eigenvalue weighted by molar-refractivity contribution is 9.10. The summed E-state index contributed by atoms with van der Waals surface area (Å²) in [7, 11) is 0. The minimum atomic E-state index is -0.0775. The molecule has 0 saturated carbocycles. The van der Waals surface area contributed by atoms with Crippen LogP contribution in [0.2, 0.25) is 0 Å². The lowest BCUT2D eigenvalue weighted by molar-refractivity contribution is -0.116. The van der Waals surface area contributed by atoms with Crippen molar-refractivity contribution in [1.29, 1.82) is 0 Å². The molecule has 2 aromatic rings. The van der Waals surface area contributed by atoms with Gasteiger partial charge in [-0.3, -0.25) is 4.79 Å². The maximum absolute atomic E-state index is 11.6. The highest BCUT2D eigenvalue weighted by Gasteiger charge is 1.97. The molecule has 1 N–H and O–H groups in total. The van der Waals surface area contributed by atoms with E-state index in [4.69, 9.17) is 0 Å². The molecule has 0 aliphatic rings. The Kier molecular flexibility index (Phi) is 4.73. The average molecular weight is 322 g/mol. The van der Waals surface area contributed by atoms with Crippen LogP contribution in [0.1, 0.15) is 10.4 Å². The predicted molar refractivity (Wildman–Crippen MR) is 79.3 cm³/mol. The maximum Gasteiger partial charge on any atom is 0.244 e. The summed E-state index contributed by atoms with van der Waals surface area (Å²) in [4.78, 5) is 12.7. The minimum Gasteiger partial charge on any atom is -0.348 e. The molecule has 18 heavy (non-hydrogen) atoms. The topological polar surface area (TPSA) is 29.1 Å². The Morgan fingerprint density at radius 1 is 1.28 bits per heavy atom. The van der Waals surface area contributed by atoms with Crippen LogP contribution in [0.15, 0.2) is 52.3 Å². The number of carbonyl (C=O) groups excluding carboxylic acids is 1. The molecule has 92 valence electrons. The van der Waals surface area contributed by atoms with Gasteiger partial charge in [-0.1, -0.05) is 34.1 Å². The van der Waals surface area contributed by atoms with Crippen molar-refractivity contribution < 1.29 is 4.79 Å². The van der Waals surface area contributed by atoms with Crippen molar-refractivity contribution in [1.82, 2.24) is 5.32 Å². The quantitative estimate of drug-likeness (QED) is 0.852. The van der Waals surface area contributed by atoms with Crippen LogP contribution in [0.25, 0.3) is 6.08 Å². The summed E-state index contributed by atoms with van der Waals surface area (Å²) < 4.78 is 1.03. The summed E-state index contributed by atoms with van der Waals surface area (Å²) >= 11 is 5.01. The number of hydrogen-bond donors (Lipinski definition) is 1. The number of hydrogen-bond acceptors (Lipinski definition) is 2. The molecule has 0 fully saturated rings. The van der Waals surface area contributed by atoms with Crippen LogP contribution in [0.3, 0.4) is 0 Å². The number of halogens is 1. The highest BCUT2D eigenvalue weighted by Crippen LogP contribution is 2.11. The van der Waals surface area contributed by atoms with E-state index in [0.29, 0.717) is 6.54 Å². The molecule has 0 unspecified atom stereocenters. The number of benzene rings is 1. The SMILES string of the molecule is O=C(/C=C/c1ccc(Br)cc1)NCc1cccs1. The Morgan fingerprint density at radius 2 is 2.06 bits per heavy atom. The van der Waals surface area contributed by atoms with Crippen LogP contribution >= 0.6 is 27.3 Å². The van der Waals surface area contributed by atoms with E-state index in [1.54, 1.807) is 23.5 Å². The molecule has 1 aromatic heterocycles. The van der Waals surface area contributed by atoms with Crippen LogP contribution < -0.4 is 5.32 Å². The number of nitrogens with one attached hydrogen (secondary N) is 1. The van der Waals surface area contributed by atoms with Crippen LogP contribution in [0.4, 0.5) is 0 Å². The third-order valence-electron chi connectivity index (χ3n) is 2.31. The van der Waals surface area contributed by atoms with Crippen LogP contribution in [-0.4, -0.2) is 5.91 Å². The second-order valence-electron chi connectivity index (χ2n) is 3.68. The first-order valence-electron chi connectivity index (χ1n) is 5.48. The summed E-state index contributed by atoms with van der Waals surface area (Å²) in [5.74, 6) is -0.0775. The first-order valence-corrected chi connectivity index (χ1v) is 7.15. The van der Waals surface area contributed by atoms with Crippen molar-refractivity contribution in [3.05, 3.63) is 62.8 Å². The van der Waals surface area contributed by atoms with Crippen molar-refractivity contribution in [3.8, 4) is 0 Å². The van der Waals surface area contributed by atoms with Gasteiger partial charge in [0, 0.05) is 15.4 Å². The van der Waals surface area contributed by atoms with Crippen LogP contribution in [0.5, 0.6) is 0 Å².